The number of benzene rings is 2. The summed E-state index contributed by atoms with van der Waals surface area (Å²) in [6.07, 6.45) is 0. The molecular formula is C22H22N4O3. The van der Waals surface area contributed by atoms with Gasteiger partial charge >= 0.3 is 0 Å². The average molecular weight is 390 g/mol. The number of aromatic nitrogens is 2. The Morgan fingerprint density at radius 3 is 2.45 bits per heavy atom. The first-order valence-corrected chi connectivity index (χ1v) is 9.47. The molecule has 0 unspecified atom stereocenters. The molecule has 5 rings (SSSR count). The topological polar surface area (TPSA) is 68.6 Å². The summed E-state index contributed by atoms with van der Waals surface area (Å²) < 4.78 is 12.9. The van der Waals surface area contributed by atoms with E-state index in [9.17, 15) is 4.79 Å². The third-order valence-corrected chi connectivity index (χ3v) is 5.68. The summed E-state index contributed by atoms with van der Waals surface area (Å²) in [7, 11) is 3.23. The molecule has 0 aliphatic carbocycles. The molecule has 7 nitrogen and oxygen atoms in total. The first-order chi connectivity index (χ1) is 14.0. The van der Waals surface area contributed by atoms with Gasteiger partial charge in [0.1, 0.15) is 34.3 Å². The van der Waals surface area contributed by atoms with Gasteiger partial charge in [-0.15, -0.1) is 0 Å². The lowest BCUT2D eigenvalue weighted by atomic mass is 9.95. The first kappa shape index (κ1) is 17.6. The molecular weight excluding hydrogens is 368 g/mol. The van der Waals surface area contributed by atoms with E-state index in [2.05, 4.69) is 9.88 Å². The van der Waals surface area contributed by atoms with E-state index in [1.807, 2.05) is 61.2 Å². The van der Waals surface area contributed by atoms with Crippen LogP contribution in [0.25, 0.3) is 16.6 Å². The summed E-state index contributed by atoms with van der Waals surface area (Å²) >= 11 is 0. The Bertz CT molecular complexity index is 1170. The Hall–Kier alpha value is -3.48. The van der Waals surface area contributed by atoms with Crippen molar-refractivity contribution >= 4 is 28.1 Å². The number of nitrogens with zero attached hydrogens (tertiary/aromatic N) is 3. The smallest absolute Gasteiger partial charge is 0.195 e. The van der Waals surface area contributed by atoms with Crippen LogP contribution in [-0.2, 0) is 11.5 Å². The van der Waals surface area contributed by atoms with Crippen molar-refractivity contribution in [3.63, 3.8) is 0 Å². The molecule has 148 valence electrons. The molecule has 0 fully saturated rings. The van der Waals surface area contributed by atoms with Crippen molar-refractivity contribution in [2.45, 2.75) is 26.1 Å². The number of methoxy groups -OCH3 is 2. The van der Waals surface area contributed by atoms with Gasteiger partial charge in [-0.05, 0) is 26.0 Å². The second-order valence-electron chi connectivity index (χ2n) is 7.71. The van der Waals surface area contributed by atoms with E-state index < -0.39 is 5.54 Å². The third kappa shape index (κ3) is 2.36. The van der Waals surface area contributed by atoms with Gasteiger partial charge in [0.15, 0.2) is 5.78 Å². The largest absolute Gasteiger partial charge is 0.497 e. The van der Waals surface area contributed by atoms with E-state index in [0.717, 1.165) is 22.5 Å². The monoisotopic (exact) mass is 390 g/mol. The number of carbonyl (C=O) groups excluding carboxylic acids is 1. The number of ether oxygens (including phenoxy) is 2. The number of imidazole rings is 1. The Labute approximate surface area is 168 Å². The van der Waals surface area contributed by atoms with Crippen molar-refractivity contribution in [3.8, 4) is 11.5 Å². The molecule has 29 heavy (non-hydrogen) atoms. The van der Waals surface area contributed by atoms with Crippen molar-refractivity contribution in [3.05, 3.63) is 54.1 Å². The summed E-state index contributed by atoms with van der Waals surface area (Å²) in [5.74, 6) is 2.82. The molecule has 0 atom stereocenters. The number of anilines is 1. The Kier molecular flexibility index (Phi) is 3.65. The van der Waals surface area contributed by atoms with E-state index in [1.54, 1.807) is 14.2 Å². The molecule has 0 amide bonds. The summed E-state index contributed by atoms with van der Waals surface area (Å²) in [6.45, 7) is 4.39. The van der Waals surface area contributed by atoms with Crippen molar-refractivity contribution in [1.82, 2.24) is 14.9 Å². The van der Waals surface area contributed by atoms with E-state index in [1.165, 1.54) is 0 Å². The molecule has 0 radical (unpaired) electrons. The minimum atomic E-state index is -0.789. The van der Waals surface area contributed by atoms with Gasteiger partial charge in [0, 0.05) is 18.2 Å². The molecule has 7 heteroatoms. The van der Waals surface area contributed by atoms with Crippen LogP contribution in [-0.4, -0.2) is 35.1 Å². The zero-order chi connectivity index (χ0) is 20.3. The predicted octanol–water partition coefficient (Wildman–Crippen LogP) is 3.15. The summed E-state index contributed by atoms with van der Waals surface area (Å²) in [4.78, 5) is 20.3. The highest BCUT2D eigenvalue weighted by atomic mass is 16.5. The van der Waals surface area contributed by atoms with Crippen LogP contribution in [0.5, 0.6) is 11.5 Å². The van der Waals surface area contributed by atoms with Crippen LogP contribution in [0.2, 0.25) is 0 Å². The second-order valence-corrected chi connectivity index (χ2v) is 7.71. The Morgan fingerprint density at radius 2 is 1.76 bits per heavy atom. The maximum atomic E-state index is 13.5. The molecule has 3 aromatic rings. The van der Waals surface area contributed by atoms with Gasteiger partial charge in [-0.1, -0.05) is 12.1 Å². The van der Waals surface area contributed by atoms with E-state index in [0.29, 0.717) is 29.6 Å². The maximum absolute atomic E-state index is 13.5. The standard InChI is InChI=1S/C22H22N4O3/c1-22(2)19(27)18-20(26(22)13-9-14(28-3)11-15(10-13)29-4)23-12-25-17-8-6-5-7-16(17)24-21(18)25/h5-11,23H,12H2,1-4H3. The molecule has 2 aromatic carbocycles. The lowest BCUT2D eigenvalue weighted by Gasteiger charge is -2.35. The van der Waals surface area contributed by atoms with Crippen molar-refractivity contribution in [2.24, 2.45) is 0 Å². The van der Waals surface area contributed by atoms with E-state index >= 15 is 0 Å². The number of hydrogen-bond donors (Lipinski definition) is 1. The molecule has 2 aliphatic heterocycles. The van der Waals surface area contributed by atoms with Gasteiger partial charge in [0.05, 0.1) is 37.6 Å². The molecule has 2 aliphatic rings. The van der Waals surface area contributed by atoms with Gasteiger partial charge in [-0.25, -0.2) is 4.98 Å². The summed E-state index contributed by atoms with van der Waals surface area (Å²) in [5, 5.41) is 3.45. The van der Waals surface area contributed by atoms with Crippen molar-refractivity contribution in [1.29, 1.82) is 0 Å². The number of carbonyl (C=O) groups is 1. The van der Waals surface area contributed by atoms with Crippen LogP contribution in [0, 0.1) is 0 Å². The van der Waals surface area contributed by atoms with E-state index in [4.69, 9.17) is 14.5 Å². The fraction of sp³-hybridized carbons (Fsp3) is 0.273. The number of rotatable bonds is 3. The van der Waals surface area contributed by atoms with Gasteiger partial charge in [0.2, 0.25) is 0 Å². The lowest BCUT2D eigenvalue weighted by molar-refractivity contribution is -0.116. The second kappa shape index (κ2) is 6.01. The van der Waals surface area contributed by atoms with Crippen LogP contribution in [0.1, 0.15) is 19.7 Å². The van der Waals surface area contributed by atoms with Gasteiger partial charge in [-0.2, -0.15) is 0 Å². The highest BCUT2D eigenvalue weighted by molar-refractivity contribution is 6.30. The average Bonchev–Trinajstić information content (AvgIpc) is 3.20. The SMILES string of the molecule is COc1cc(OC)cc(N2C3=C(C(=O)C2(C)C)c2nc4ccccc4n2CN3)c1. The first-order valence-electron chi connectivity index (χ1n) is 9.47. The third-order valence-electron chi connectivity index (χ3n) is 5.68. The number of fused-ring (bicyclic) bond motifs is 4. The number of Topliss-reactive ketones (excluding diaryl/α,β-unsaturated/α-hetero) is 1. The molecule has 0 bridgehead atoms. The normalized spacial score (nSPS) is 17.2. The molecule has 3 heterocycles. The molecule has 0 spiro atoms. The van der Waals surface area contributed by atoms with Crippen molar-refractivity contribution < 1.29 is 14.3 Å². The minimum absolute atomic E-state index is 0.0260. The molecule has 0 saturated carbocycles. The molecule has 0 saturated heterocycles. The molecule has 1 aromatic heterocycles. The number of ketones is 1. The van der Waals surface area contributed by atoms with Gasteiger partial charge in [0.25, 0.3) is 0 Å². The van der Waals surface area contributed by atoms with Crippen LogP contribution in [0.4, 0.5) is 5.69 Å². The quantitative estimate of drug-likeness (QED) is 0.741. The number of hydrogen-bond acceptors (Lipinski definition) is 6. The summed E-state index contributed by atoms with van der Waals surface area (Å²) in [6, 6.07) is 13.6. The highest BCUT2D eigenvalue weighted by Gasteiger charge is 2.50. The van der Waals surface area contributed by atoms with Gasteiger partial charge in [-0.3, -0.25) is 4.79 Å². The summed E-state index contributed by atoms with van der Waals surface area (Å²) in [5.41, 5.74) is 2.53. The van der Waals surface area contributed by atoms with Crippen LogP contribution in [0.3, 0.4) is 0 Å². The zero-order valence-corrected chi connectivity index (χ0v) is 16.8. The van der Waals surface area contributed by atoms with Gasteiger partial charge < -0.3 is 24.3 Å². The van der Waals surface area contributed by atoms with Crippen LogP contribution in [0.15, 0.2) is 48.3 Å². The highest BCUT2D eigenvalue weighted by Crippen LogP contribution is 2.44. The van der Waals surface area contributed by atoms with Crippen LogP contribution < -0.4 is 19.7 Å². The zero-order valence-electron chi connectivity index (χ0n) is 16.8. The Morgan fingerprint density at radius 1 is 1.07 bits per heavy atom. The minimum Gasteiger partial charge on any atom is -0.497 e. The molecule has 1 N–H and O–H groups in total. The lowest BCUT2D eigenvalue weighted by Crippen LogP contribution is -2.46. The maximum Gasteiger partial charge on any atom is 0.195 e. The fourth-order valence-electron chi connectivity index (χ4n) is 4.23. The van der Waals surface area contributed by atoms with Crippen molar-refractivity contribution in [2.75, 3.05) is 19.1 Å². The van der Waals surface area contributed by atoms with E-state index in [-0.39, 0.29) is 5.78 Å². The van der Waals surface area contributed by atoms with Crippen LogP contribution >= 0.6 is 0 Å². The Balaban J connectivity index is 1.73. The number of para-hydroxylation sites is 2. The predicted molar refractivity (Wildman–Crippen MR) is 111 cm³/mol. The fourth-order valence-corrected chi connectivity index (χ4v) is 4.23. The number of nitrogens with one attached hydrogen (secondary N) is 1.